The first-order valence-electron chi connectivity index (χ1n) is 11.2. The van der Waals surface area contributed by atoms with Crippen molar-refractivity contribution in [1.29, 1.82) is 0 Å². The van der Waals surface area contributed by atoms with E-state index >= 15 is 0 Å². The van der Waals surface area contributed by atoms with Crippen LogP contribution in [0.25, 0.3) is 0 Å². The Balaban J connectivity index is 1.46. The van der Waals surface area contributed by atoms with E-state index in [2.05, 4.69) is 10.6 Å². The average Bonchev–Trinajstić information content (AvgIpc) is 2.89. The quantitative estimate of drug-likeness (QED) is 0.361. The number of sulfonamides is 1. The summed E-state index contributed by atoms with van der Waals surface area (Å²) in [5.74, 6) is -0.200. The second-order valence-corrected chi connectivity index (χ2v) is 9.73. The van der Waals surface area contributed by atoms with Gasteiger partial charge in [0.25, 0.3) is 5.91 Å². The summed E-state index contributed by atoms with van der Waals surface area (Å²) in [6, 6.07) is 30.6. The summed E-state index contributed by atoms with van der Waals surface area (Å²) >= 11 is 0. The lowest BCUT2D eigenvalue weighted by atomic mass is 10.1. The molecular formula is C27H23N5O3S. The van der Waals surface area contributed by atoms with Crippen molar-refractivity contribution in [2.24, 2.45) is 10.1 Å². The van der Waals surface area contributed by atoms with Crippen molar-refractivity contribution in [1.82, 2.24) is 0 Å². The van der Waals surface area contributed by atoms with Crippen molar-refractivity contribution in [2.45, 2.75) is 11.2 Å². The largest absolute Gasteiger partial charge is 0.346 e. The van der Waals surface area contributed by atoms with Crippen LogP contribution in [-0.2, 0) is 10.0 Å². The number of nitrogens with one attached hydrogen (secondary N) is 2. The maximum absolute atomic E-state index is 12.7. The molecular weight excluding hydrogens is 474 g/mol. The number of hydrogen-bond donors (Lipinski definition) is 3. The maximum atomic E-state index is 12.7. The lowest BCUT2D eigenvalue weighted by Crippen LogP contribution is -2.39. The van der Waals surface area contributed by atoms with Gasteiger partial charge in [-0.2, -0.15) is 0 Å². The molecule has 0 saturated carbocycles. The molecule has 0 aliphatic carbocycles. The lowest BCUT2D eigenvalue weighted by molar-refractivity contribution is 0.102. The van der Waals surface area contributed by atoms with E-state index in [1.54, 1.807) is 30.5 Å². The van der Waals surface area contributed by atoms with Gasteiger partial charge in [0, 0.05) is 34.4 Å². The minimum atomic E-state index is -3.78. The molecule has 36 heavy (non-hydrogen) atoms. The van der Waals surface area contributed by atoms with E-state index < -0.39 is 16.3 Å². The van der Waals surface area contributed by atoms with Crippen LogP contribution in [-0.4, -0.2) is 26.8 Å². The van der Waals surface area contributed by atoms with Gasteiger partial charge in [0.2, 0.25) is 16.3 Å². The second kappa shape index (κ2) is 9.65. The molecule has 0 fully saturated rings. The molecule has 1 aliphatic rings. The van der Waals surface area contributed by atoms with Crippen molar-refractivity contribution in [3.8, 4) is 0 Å². The first-order valence-corrected chi connectivity index (χ1v) is 12.7. The van der Waals surface area contributed by atoms with Crippen molar-refractivity contribution >= 4 is 44.9 Å². The second-order valence-electron chi connectivity index (χ2n) is 8.16. The normalized spacial score (nSPS) is 14.7. The summed E-state index contributed by atoms with van der Waals surface area (Å²) in [7, 11) is -3.78. The molecule has 5 rings (SSSR count). The molecule has 0 radical (unpaired) electrons. The predicted molar refractivity (Wildman–Crippen MR) is 142 cm³/mol. The monoisotopic (exact) mass is 497 g/mol. The van der Waals surface area contributed by atoms with Crippen LogP contribution in [0.4, 0.5) is 22.7 Å². The third-order valence-corrected chi connectivity index (χ3v) is 6.62. The summed E-state index contributed by atoms with van der Waals surface area (Å²) in [5.41, 5.74) is 4.56. The van der Waals surface area contributed by atoms with Gasteiger partial charge < -0.3 is 15.5 Å². The molecule has 0 saturated heterocycles. The van der Waals surface area contributed by atoms with Crippen LogP contribution in [0.3, 0.4) is 0 Å². The molecule has 180 valence electrons. The lowest BCUT2D eigenvalue weighted by Gasteiger charge is -2.35. The van der Waals surface area contributed by atoms with E-state index in [-0.39, 0.29) is 10.8 Å². The number of carbonyl (C=O) groups excluding carboxylic acids is 1. The van der Waals surface area contributed by atoms with Gasteiger partial charge in [-0.25, -0.2) is 18.5 Å². The Kier molecular flexibility index (Phi) is 6.24. The number of fused-ring (bicyclic) bond motifs is 1. The number of amides is 1. The van der Waals surface area contributed by atoms with Crippen LogP contribution in [0.5, 0.6) is 0 Å². The van der Waals surface area contributed by atoms with Crippen LogP contribution in [0, 0.1) is 0 Å². The third-order valence-electron chi connectivity index (χ3n) is 5.69. The zero-order chi connectivity index (χ0) is 25.1. The molecule has 1 heterocycles. The Hall–Kier alpha value is -4.47. The number of para-hydroxylation sites is 1. The first-order chi connectivity index (χ1) is 17.4. The van der Waals surface area contributed by atoms with Crippen LogP contribution in [0.15, 0.2) is 113 Å². The van der Waals surface area contributed by atoms with E-state index in [1.165, 1.54) is 12.1 Å². The van der Waals surface area contributed by atoms with Crippen LogP contribution < -0.4 is 20.7 Å². The zero-order valence-corrected chi connectivity index (χ0v) is 19.9. The summed E-state index contributed by atoms with van der Waals surface area (Å²) in [5, 5.41) is 11.5. The number of hydrogen-bond acceptors (Lipinski definition) is 6. The number of nitrogens with zero attached hydrogens (tertiary/aromatic N) is 2. The zero-order valence-electron chi connectivity index (χ0n) is 19.1. The SMILES string of the molecule is NS(=O)(=O)c1ccc(NC2N=Cc3ccccc3N2c2cccc(NC(=O)c3ccccc3)c2)cc1. The fourth-order valence-corrected chi connectivity index (χ4v) is 4.48. The molecule has 4 aromatic rings. The summed E-state index contributed by atoms with van der Waals surface area (Å²) < 4.78 is 23.2. The van der Waals surface area contributed by atoms with E-state index in [0.29, 0.717) is 16.9 Å². The molecule has 1 unspecified atom stereocenters. The number of primary sulfonamides is 1. The minimum absolute atomic E-state index is 0.0317. The highest BCUT2D eigenvalue weighted by molar-refractivity contribution is 7.89. The fourth-order valence-electron chi connectivity index (χ4n) is 3.96. The number of aliphatic imine (C=N–C) groups is 1. The Bertz CT molecular complexity index is 1540. The summed E-state index contributed by atoms with van der Waals surface area (Å²) in [4.78, 5) is 19.4. The summed E-state index contributed by atoms with van der Waals surface area (Å²) in [6.07, 6.45) is 1.27. The number of anilines is 4. The third kappa shape index (κ3) is 4.97. The van der Waals surface area contributed by atoms with Gasteiger partial charge >= 0.3 is 0 Å². The molecule has 1 aliphatic heterocycles. The molecule has 1 amide bonds. The Morgan fingerprint density at radius 1 is 0.833 bits per heavy atom. The molecule has 4 N–H and O–H groups in total. The highest BCUT2D eigenvalue weighted by Crippen LogP contribution is 2.35. The highest BCUT2D eigenvalue weighted by Gasteiger charge is 2.25. The number of nitrogens with two attached hydrogens (primary N) is 1. The Labute approximate surface area is 209 Å². The number of carbonyl (C=O) groups is 1. The number of rotatable bonds is 6. The van der Waals surface area contributed by atoms with E-state index in [4.69, 9.17) is 10.1 Å². The molecule has 0 bridgehead atoms. The maximum Gasteiger partial charge on any atom is 0.255 e. The van der Waals surface area contributed by atoms with Gasteiger partial charge in [-0.3, -0.25) is 4.79 Å². The van der Waals surface area contributed by atoms with Crippen LogP contribution >= 0.6 is 0 Å². The topological polar surface area (TPSA) is 117 Å². The molecule has 9 heteroatoms. The highest BCUT2D eigenvalue weighted by atomic mass is 32.2. The Morgan fingerprint density at radius 3 is 2.31 bits per heavy atom. The van der Waals surface area contributed by atoms with Crippen molar-refractivity contribution < 1.29 is 13.2 Å². The molecule has 4 aromatic carbocycles. The smallest absolute Gasteiger partial charge is 0.255 e. The van der Waals surface area contributed by atoms with Crippen molar-refractivity contribution in [3.63, 3.8) is 0 Å². The van der Waals surface area contributed by atoms with Gasteiger partial charge in [-0.1, -0.05) is 42.5 Å². The van der Waals surface area contributed by atoms with Gasteiger partial charge in [-0.05, 0) is 60.7 Å². The predicted octanol–water partition coefficient (Wildman–Crippen LogP) is 4.55. The molecule has 0 spiro atoms. The molecule has 8 nitrogen and oxygen atoms in total. The van der Waals surface area contributed by atoms with E-state index in [1.807, 2.05) is 71.6 Å². The molecule has 0 aromatic heterocycles. The molecule has 1 atom stereocenters. The van der Waals surface area contributed by atoms with Gasteiger partial charge in [0.1, 0.15) is 0 Å². The number of benzene rings is 4. The van der Waals surface area contributed by atoms with Gasteiger partial charge in [0.05, 0.1) is 10.6 Å². The summed E-state index contributed by atoms with van der Waals surface area (Å²) in [6.45, 7) is 0. The average molecular weight is 498 g/mol. The van der Waals surface area contributed by atoms with Gasteiger partial charge in [0.15, 0.2) is 0 Å². The van der Waals surface area contributed by atoms with Crippen molar-refractivity contribution in [3.05, 3.63) is 114 Å². The van der Waals surface area contributed by atoms with Crippen LogP contribution in [0.2, 0.25) is 0 Å². The van der Waals surface area contributed by atoms with E-state index in [0.717, 1.165) is 16.9 Å². The van der Waals surface area contributed by atoms with Gasteiger partial charge in [-0.15, -0.1) is 0 Å². The Morgan fingerprint density at radius 2 is 1.56 bits per heavy atom. The minimum Gasteiger partial charge on any atom is -0.346 e. The first kappa shape index (κ1) is 23.3. The fraction of sp³-hybridized carbons (Fsp3) is 0.0370. The van der Waals surface area contributed by atoms with Crippen molar-refractivity contribution in [2.75, 3.05) is 15.5 Å². The van der Waals surface area contributed by atoms with Crippen LogP contribution in [0.1, 0.15) is 15.9 Å². The standard InChI is InChI=1S/C27H23N5O3S/c28-36(34,35)24-15-13-21(14-16-24)31-27-29-18-20-9-4-5-12-25(20)32(27)23-11-6-10-22(17-23)30-26(33)19-7-2-1-3-8-19/h1-18,27,31H,(H,30,33)(H2,28,34,35). The van der Waals surface area contributed by atoms with E-state index in [9.17, 15) is 13.2 Å².